The van der Waals surface area contributed by atoms with E-state index in [-0.39, 0.29) is 22.3 Å². The molecule has 0 aliphatic rings. The van der Waals surface area contributed by atoms with Crippen LogP contribution in [0.15, 0.2) is 48.5 Å². The zero-order chi connectivity index (χ0) is 20.7. The second kappa shape index (κ2) is 9.50. The summed E-state index contributed by atoms with van der Waals surface area (Å²) < 4.78 is 18.5. The molecule has 2 aromatic rings. The molecule has 0 bridgehead atoms. The van der Waals surface area contributed by atoms with Crippen LogP contribution in [0.25, 0.3) is 0 Å². The molecule has 150 valence electrons. The number of ether oxygens (including phenoxy) is 1. The van der Waals surface area contributed by atoms with Gasteiger partial charge in [0, 0.05) is 6.54 Å². The van der Waals surface area contributed by atoms with Crippen molar-refractivity contribution < 1.29 is 13.9 Å². The van der Waals surface area contributed by atoms with Crippen molar-refractivity contribution in [3.05, 3.63) is 65.5 Å². The molecule has 1 amide bonds. The lowest BCUT2D eigenvalue weighted by atomic mass is 9.87. The standard InChI is InChI=1S/C21H26FN3O2S/c1-14(27-18-11-7-16(8-12-18)21(2,3)4)19(26)24-25-20(28)23-13-15-5-9-17(22)10-6-15/h5-12,14H,13H2,1-4H3,(H,24,26)(H2,23,25,28)/t14-/m0/s1. The SMILES string of the molecule is C[C@H](Oc1ccc(C(C)(C)C)cc1)C(=O)NNC(=S)NCc1ccc(F)cc1. The van der Waals surface area contributed by atoms with Crippen LogP contribution in [0, 0.1) is 5.82 Å². The summed E-state index contributed by atoms with van der Waals surface area (Å²) in [6.45, 7) is 8.48. The molecule has 0 aromatic heterocycles. The van der Waals surface area contributed by atoms with Crippen molar-refractivity contribution in [3.63, 3.8) is 0 Å². The predicted molar refractivity (Wildman–Crippen MR) is 112 cm³/mol. The number of benzene rings is 2. The molecule has 5 nitrogen and oxygen atoms in total. The van der Waals surface area contributed by atoms with Crippen molar-refractivity contribution >= 4 is 23.2 Å². The predicted octanol–water partition coefficient (Wildman–Crippen LogP) is 3.59. The van der Waals surface area contributed by atoms with Gasteiger partial charge in [-0.1, -0.05) is 45.0 Å². The first-order chi connectivity index (χ1) is 13.1. The van der Waals surface area contributed by atoms with Crippen LogP contribution < -0.4 is 20.9 Å². The van der Waals surface area contributed by atoms with Crippen molar-refractivity contribution in [1.82, 2.24) is 16.2 Å². The smallest absolute Gasteiger partial charge is 0.279 e. The maximum Gasteiger partial charge on any atom is 0.279 e. The Labute approximate surface area is 170 Å². The van der Waals surface area contributed by atoms with Crippen LogP contribution in [-0.2, 0) is 16.8 Å². The monoisotopic (exact) mass is 403 g/mol. The van der Waals surface area contributed by atoms with E-state index in [1.807, 2.05) is 24.3 Å². The average molecular weight is 404 g/mol. The third-order valence-electron chi connectivity index (χ3n) is 4.07. The third-order valence-corrected chi connectivity index (χ3v) is 4.31. The Kier molecular flexibility index (Phi) is 7.34. The first-order valence-electron chi connectivity index (χ1n) is 9.00. The number of carbonyl (C=O) groups is 1. The van der Waals surface area contributed by atoms with E-state index in [2.05, 4.69) is 36.9 Å². The van der Waals surface area contributed by atoms with E-state index >= 15 is 0 Å². The highest BCUT2D eigenvalue weighted by Crippen LogP contribution is 2.24. The number of rotatable bonds is 5. The Morgan fingerprint density at radius 1 is 1.07 bits per heavy atom. The maximum absolute atomic E-state index is 12.9. The van der Waals surface area contributed by atoms with Crippen molar-refractivity contribution in [3.8, 4) is 5.75 Å². The molecule has 3 N–H and O–H groups in total. The quantitative estimate of drug-likeness (QED) is 0.526. The summed E-state index contributed by atoms with van der Waals surface area (Å²) >= 11 is 5.11. The lowest BCUT2D eigenvalue weighted by molar-refractivity contribution is -0.127. The normalized spacial score (nSPS) is 12.0. The van der Waals surface area contributed by atoms with Crippen LogP contribution in [-0.4, -0.2) is 17.1 Å². The van der Waals surface area contributed by atoms with Crippen LogP contribution in [0.1, 0.15) is 38.8 Å². The van der Waals surface area contributed by atoms with Crippen LogP contribution in [0.2, 0.25) is 0 Å². The zero-order valence-corrected chi connectivity index (χ0v) is 17.3. The van der Waals surface area contributed by atoms with Crippen molar-refractivity contribution in [2.24, 2.45) is 0 Å². The number of hydrogen-bond donors (Lipinski definition) is 3. The first kappa shape index (κ1) is 21.6. The summed E-state index contributed by atoms with van der Waals surface area (Å²) in [6.07, 6.45) is -0.701. The van der Waals surface area contributed by atoms with E-state index < -0.39 is 6.10 Å². The van der Waals surface area contributed by atoms with Crippen LogP contribution in [0.3, 0.4) is 0 Å². The summed E-state index contributed by atoms with van der Waals surface area (Å²) in [6, 6.07) is 13.8. The summed E-state index contributed by atoms with van der Waals surface area (Å²) in [7, 11) is 0. The van der Waals surface area contributed by atoms with E-state index in [0.717, 1.165) is 5.56 Å². The highest BCUT2D eigenvalue weighted by molar-refractivity contribution is 7.80. The van der Waals surface area contributed by atoms with Crippen molar-refractivity contribution in [2.45, 2.75) is 45.8 Å². The summed E-state index contributed by atoms with van der Waals surface area (Å²) in [5.41, 5.74) is 7.25. The van der Waals surface area contributed by atoms with E-state index in [1.165, 1.54) is 17.7 Å². The second-order valence-electron chi connectivity index (χ2n) is 7.46. The first-order valence-corrected chi connectivity index (χ1v) is 9.41. The van der Waals surface area contributed by atoms with Gasteiger partial charge in [0.25, 0.3) is 5.91 Å². The summed E-state index contributed by atoms with van der Waals surface area (Å²) in [5, 5.41) is 3.17. The van der Waals surface area contributed by atoms with Gasteiger partial charge in [0.2, 0.25) is 0 Å². The molecular formula is C21H26FN3O2S. The summed E-state index contributed by atoms with van der Waals surface area (Å²) in [4.78, 5) is 12.2. The van der Waals surface area contributed by atoms with E-state index in [1.54, 1.807) is 19.1 Å². The number of carbonyl (C=O) groups excluding carboxylic acids is 1. The fourth-order valence-corrected chi connectivity index (χ4v) is 2.46. The molecule has 0 spiro atoms. The lowest BCUT2D eigenvalue weighted by Gasteiger charge is -2.20. The molecule has 2 rings (SSSR count). The van der Waals surface area contributed by atoms with Gasteiger partial charge in [0.15, 0.2) is 11.2 Å². The zero-order valence-electron chi connectivity index (χ0n) is 16.5. The van der Waals surface area contributed by atoms with E-state index in [9.17, 15) is 9.18 Å². The van der Waals surface area contributed by atoms with Gasteiger partial charge in [-0.25, -0.2) is 4.39 Å². The average Bonchev–Trinajstić information content (AvgIpc) is 2.65. The van der Waals surface area contributed by atoms with E-state index in [0.29, 0.717) is 12.3 Å². The second-order valence-corrected chi connectivity index (χ2v) is 7.87. The van der Waals surface area contributed by atoms with Crippen molar-refractivity contribution in [2.75, 3.05) is 0 Å². The van der Waals surface area contributed by atoms with E-state index in [4.69, 9.17) is 17.0 Å². The van der Waals surface area contributed by atoms with Gasteiger partial charge < -0.3 is 10.1 Å². The number of nitrogens with one attached hydrogen (secondary N) is 3. The van der Waals surface area contributed by atoms with Gasteiger partial charge >= 0.3 is 0 Å². The molecular weight excluding hydrogens is 377 g/mol. The van der Waals surface area contributed by atoms with Gasteiger partial charge in [-0.05, 0) is 59.9 Å². The number of halogens is 1. The Hall–Kier alpha value is -2.67. The highest BCUT2D eigenvalue weighted by Gasteiger charge is 2.16. The van der Waals surface area contributed by atoms with Gasteiger partial charge in [0.1, 0.15) is 11.6 Å². The Bertz CT molecular complexity index is 802. The number of hydrogen-bond acceptors (Lipinski definition) is 3. The van der Waals surface area contributed by atoms with Gasteiger partial charge in [-0.3, -0.25) is 15.6 Å². The fraction of sp³-hybridized carbons (Fsp3) is 0.333. The Morgan fingerprint density at radius 3 is 2.25 bits per heavy atom. The largest absolute Gasteiger partial charge is 0.481 e. The lowest BCUT2D eigenvalue weighted by Crippen LogP contribution is -2.50. The van der Waals surface area contributed by atoms with Crippen molar-refractivity contribution in [1.29, 1.82) is 0 Å². The molecule has 28 heavy (non-hydrogen) atoms. The van der Waals surface area contributed by atoms with Crippen LogP contribution >= 0.6 is 12.2 Å². The Balaban J connectivity index is 1.75. The molecule has 0 unspecified atom stereocenters. The summed E-state index contributed by atoms with van der Waals surface area (Å²) in [5.74, 6) is -0.0303. The van der Waals surface area contributed by atoms with Gasteiger partial charge in [-0.2, -0.15) is 0 Å². The Morgan fingerprint density at radius 2 is 1.68 bits per heavy atom. The molecule has 0 saturated carbocycles. The molecule has 0 heterocycles. The molecule has 0 aliphatic carbocycles. The number of amides is 1. The van der Waals surface area contributed by atoms with Gasteiger partial charge in [-0.15, -0.1) is 0 Å². The van der Waals surface area contributed by atoms with Crippen LogP contribution in [0.4, 0.5) is 4.39 Å². The number of hydrazine groups is 1. The molecule has 2 aromatic carbocycles. The number of thiocarbonyl (C=S) groups is 1. The minimum Gasteiger partial charge on any atom is -0.481 e. The minimum atomic E-state index is -0.701. The third kappa shape index (κ3) is 6.81. The van der Waals surface area contributed by atoms with Crippen LogP contribution in [0.5, 0.6) is 5.75 Å². The molecule has 0 fully saturated rings. The van der Waals surface area contributed by atoms with Gasteiger partial charge in [0.05, 0.1) is 0 Å². The highest BCUT2D eigenvalue weighted by atomic mass is 32.1. The molecule has 1 atom stereocenters. The molecule has 0 radical (unpaired) electrons. The molecule has 7 heteroatoms. The molecule has 0 aliphatic heterocycles. The topological polar surface area (TPSA) is 62.4 Å². The fourth-order valence-electron chi connectivity index (χ4n) is 2.34. The minimum absolute atomic E-state index is 0.0576. The maximum atomic E-state index is 12.9. The molecule has 0 saturated heterocycles.